The maximum absolute atomic E-state index is 12.6. The zero-order valence-corrected chi connectivity index (χ0v) is 13.7. The Kier molecular flexibility index (Phi) is 5.36. The number of carboxylic acid groups (broad SMARTS) is 1. The van der Waals surface area contributed by atoms with Gasteiger partial charge in [-0.25, -0.2) is 8.42 Å². The highest BCUT2D eigenvalue weighted by atomic mass is 32.2. The number of aliphatic carboxylic acids is 1. The molecule has 7 heteroatoms. The van der Waals surface area contributed by atoms with Gasteiger partial charge in [-0.3, -0.25) is 4.79 Å². The fraction of sp³-hybridized carbons (Fsp3) is 0.500. The second-order valence-corrected chi connectivity index (χ2v) is 7.18. The number of carbonyl (C=O) groups is 1. The first-order chi connectivity index (χ1) is 9.61. The molecule has 6 nitrogen and oxygen atoms in total. The van der Waals surface area contributed by atoms with Crippen LogP contribution in [0.2, 0.25) is 0 Å². The third kappa shape index (κ3) is 3.74. The first kappa shape index (κ1) is 17.5. The molecule has 0 aromatic heterocycles. The Morgan fingerprint density at radius 3 is 2.38 bits per heavy atom. The maximum atomic E-state index is 12.6. The normalized spacial score (nSPS) is 12.0. The van der Waals surface area contributed by atoms with Crippen molar-refractivity contribution >= 4 is 16.0 Å². The van der Waals surface area contributed by atoms with Gasteiger partial charge in [-0.1, -0.05) is 13.8 Å². The maximum Gasteiger partial charge on any atom is 0.318 e. The number of sulfonamides is 1. The molecule has 1 aromatic carbocycles. The first-order valence-electron chi connectivity index (χ1n) is 6.48. The van der Waals surface area contributed by atoms with Crippen molar-refractivity contribution in [3.8, 4) is 5.75 Å². The molecule has 0 fully saturated rings. The first-order valence-corrected chi connectivity index (χ1v) is 7.92. The summed E-state index contributed by atoms with van der Waals surface area (Å²) in [6.45, 7) is 4.92. The largest absolute Gasteiger partial charge is 0.496 e. The third-order valence-electron chi connectivity index (χ3n) is 3.20. The number of methoxy groups -OCH3 is 1. The van der Waals surface area contributed by atoms with E-state index in [2.05, 4.69) is 0 Å². The van der Waals surface area contributed by atoms with Gasteiger partial charge in [-0.2, -0.15) is 4.31 Å². The molecule has 0 bridgehead atoms. The Morgan fingerprint density at radius 1 is 1.38 bits per heavy atom. The van der Waals surface area contributed by atoms with E-state index >= 15 is 0 Å². The summed E-state index contributed by atoms with van der Waals surface area (Å²) >= 11 is 0. The molecule has 1 aromatic rings. The highest BCUT2D eigenvalue weighted by Crippen LogP contribution is 2.32. The number of rotatable bonds is 6. The number of benzene rings is 1. The van der Waals surface area contributed by atoms with E-state index in [0.717, 1.165) is 4.31 Å². The number of aryl methyl sites for hydroxylation is 1. The Morgan fingerprint density at radius 2 is 1.95 bits per heavy atom. The van der Waals surface area contributed by atoms with Crippen LogP contribution in [0.4, 0.5) is 0 Å². The number of carboxylic acids is 1. The summed E-state index contributed by atoms with van der Waals surface area (Å²) < 4.78 is 31.2. The summed E-state index contributed by atoms with van der Waals surface area (Å²) in [7, 11) is -1.08. The molecule has 0 aliphatic rings. The van der Waals surface area contributed by atoms with Crippen molar-refractivity contribution in [1.29, 1.82) is 0 Å². The van der Waals surface area contributed by atoms with Gasteiger partial charge in [0.25, 0.3) is 0 Å². The van der Waals surface area contributed by atoms with Gasteiger partial charge >= 0.3 is 5.97 Å². The fourth-order valence-electron chi connectivity index (χ4n) is 2.02. The molecular formula is C14H21NO5S. The quantitative estimate of drug-likeness (QED) is 0.866. The third-order valence-corrected chi connectivity index (χ3v) is 5.05. The smallest absolute Gasteiger partial charge is 0.318 e. The SMILES string of the molecule is COc1cc(C(C)C)c(S(=O)(=O)N(C)CC(=O)O)cc1C. The highest BCUT2D eigenvalue weighted by molar-refractivity contribution is 7.89. The van der Waals surface area contributed by atoms with Gasteiger partial charge in [-0.15, -0.1) is 0 Å². The van der Waals surface area contributed by atoms with Crippen LogP contribution in [0.1, 0.15) is 30.9 Å². The van der Waals surface area contributed by atoms with Gasteiger partial charge in [0.2, 0.25) is 10.0 Å². The lowest BCUT2D eigenvalue weighted by Crippen LogP contribution is -2.32. The Hall–Kier alpha value is -1.60. The van der Waals surface area contributed by atoms with E-state index in [9.17, 15) is 13.2 Å². The topological polar surface area (TPSA) is 83.9 Å². The molecule has 0 saturated carbocycles. The van der Waals surface area contributed by atoms with Crippen LogP contribution >= 0.6 is 0 Å². The zero-order valence-electron chi connectivity index (χ0n) is 12.9. The number of likely N-dealkylation sites (N-methyl/N-ethyl adjacent to an activating group) is 1. The lowest BCUT2D eigenvalue weighted by Gasteiger charge is -2.21. The predicted molar refractivity (Wildman–Crippen MR) is 79.3 cm³/mol. The van der Waals surface area contributed by atoms with Gasteiger partial charge in [0, 0.05) is 7.05 Å². The molecule has 0 heterocycles. The second-order valence-electron chi connectivity index (χ2n) is 5.17. The summed E-state index contributed by atoms with van der Waals surface area (Å²) in [5, 5.41) is 8.78. The van der Waals surface area contributed by atoms with Crippen LogP contribution in [-0.2, 0) is 14.8 Å². The summed E-state index contributed by atoms with van der Waals surface area (Å²) in [5.41, 5.74) is 1.29. The monoisotopic (exact) mass is 315 g/mol. The fourth-order valence-corrected chi connectivity index (χ4v) is 3.55. The van der Waals surface area contributed by atoms with Crippen LogP contribution in [0.25, 0.3) is 0 Å². The zero-order chi connectivity index (χ0) is 16.4. The van der Waals surface area contributed by atoms with Crippen molar-refractivity contribution in [2.24, 2.45) is 0 Å². The molecular weight excluding hydrogens is 294 g/mol. The van der Waals surface area contributed by atoms with Crippen molar-refractivity contribution in [2.45, 2.75) is 31.6 Å². The van der Waals surface area contributed by atoms with Crippen molar-refractivity contribution < 1.29 is 23.1 Å². The molecule has 21 heavy (non-hydrogen) atoms. The van der Waals surface area contributed by atoms with Crippen molar-refractivity contribution in [3.63, 3.8) is 0 Å². The van der Waals surface area contributed by atoms with Gasteiger partial charge in [0.1, 0.15) is 12.3 Å². The average molecular weight is 315 g/mol. The number of hydrogen-bond donors (Lipinski definition) is 1. The molecule has 0 aliphatic heterocycles. The van der Waals surface area contributed by atoms with Crippen LogP contribution in [0.5, 0.6) is 5.75 Å². The predicted octanol–water partition coefficient (Wildman–Crippen LogP) is 1.83. The molecule has 0 amide bonds. The minimum atomic E-state index is -3.86. The second kappa shape index (κ2) is 6.44. The Labute approximate surface area is 125 Å². The number of hydrogen-bond acceptors (Lipinski definition) is 4. The molecule has 0 atom stereocenters. The Balaban J connectivity index is 3.47. The summed E-state index contributed by atoms with van der Waals surface area (Å²) in [5.74, 6) is -0.626. The molecule has 118 valence electrons. The van der Waals surface area contributed by atoms with E-state index in [-0.39, 0.29) is 10.8 Å². The summed E-state index contributed by atoms with van der Waals surface area (Å²) in [6.07, 6.45) is 0. The summed E-state index contributed by atoms with van der Waals surface area (Å²) in [6, 6.07) is 3.23. The molecule has 0 spiro atoms. The minimum absolute atomic E-state index is 0.0393. The molecule has 0 unspecified atom stereocenters. The van der Waals surface area contributed by atoms with E-state index in [1.807, 2.05) is 13.8 Å². The molecule has 1 rings (SSSR count). The number of ether oxygens (including phenoxy) is 1. The summed E-state index contributed by atoms with van der Waals surface area (Å²) in [4.78, 5) is 10.9. The van der Waals surface area contributed by atoms with Gasteiger partial charge < -0.3 is 9.84 Å². The minimum Gasteiger partial charge on any atom is -0.496 e. The van der Waals surface area contributed by atoms with Crippen molar-refractivity contribution in [2.75, 3.05) is 20.7 Å². The van der Waals surface area contributed by atoms with E-state index in [1.54, 1.807) is 13.0 Å². The standard InChI is InChI=1S/C14H21NO5S/c1-9(2)11-7-12(20-5)10(3)6-13(11)21(18,19)15(4)8-14(16)17/h6-7,9H,8H2,1-5H3,(H,16,17). The highest BCUT2D eigenvalue weighted by Gasteiger charge is 2.27. The van der Waals surface area contributed by atoms with Gasteiger partial charge in [0.05, 0.1) is 12.0 Å². The van der Waals surface area contributed by atoms with Crippen LogP contribution < -0.4 is 4.74 Å². The number of nitrogens with zero attached hydrogens (tertiary/aromatic N) is 1. The van der Waals surface area contributed by atoms with Crippen LogP contribution in [-0.4, -0.2) is 44.5 Å². The van der Waals surface area contributed by atoms with E-state index in [0.29, 0.717) is 16.9 Å². The Bertz CT molecular complexity index is 637. The van der Waals surface area contributed by atoms with E-state index < -0.39 is 22.5 Å². The van der Waals surface area contributed by atoms with E-state index in [1.165, 1.54) is 20.2 Å². The lowest BCUT2D eigenvalue weighted by atomic mass is 10.0. The molecule has 1 N–H and O–H groups in total. The van der Waals surface area contributed by atoms with Gasteiger partial charge in [0.15, 0.2) is 0 Å². The van der Waals surface area contributed by atoms with Crippen LogP contribution in [0.3, 0.4) is 0 Å². The molecule has 0 radical (unpaired) electrons. The molecule has 0 saturated heterocycles. The lowest BCUT2D eigenvalue weighted by molar-refractivity contribution is -0.137. The van der Waals surface area contributed by atoms with Crippen LogP contribution in [0.15, 0.2) is 17.0 Å². The van der Waals surface area contributed by atoms with Crippen LogP contribution in [0, 0.1) is 6.92 Å². The molecule has 0 aliphatic carbocycles. The van der Waals surface area contributed by atoms with Crippen molar-refractivity contribution in [1.82, 2.24) is 4.31 Å². The van der Waals surface area contributed by atoms with Crippen molar-refractivity contribution in [3.05, 3.63) is 23.3 Å². The average Bonchev–Trinajstić information content (AvgIpc) is 2.37. The van der Waals surface area contributed by atoms with Gasteiger partial charge in [-0.05, 0) is 36.1 Å². The van der Waals surface area contributed by atoms with E-state index in [4.69, 9.17) is 9.84 Å².